The summed E-state index contributed by atoms with van der Waals surface area (Å²) in [7, 11) is 0. The summed E-state index contributed by atoms with van der Waals surface area (Å²) in [6, 6.07) is 0. The molecule has 2 rings (SSSR count). The fourth-order valence-electron chi connectivity index (χ4n) is 2.50. The van der Waals surface area contributed by atoms with Gasteiger partial charge in [0.05, 0.1) is 10.4 Å². The predicted octanol–water partition coefficient (Wildman–Crippen LogP) is 4.42. The third kappa shape index (κ3) is 3.70. The number of hydrogen-bond acceptors (Lipinski definition) is 3. The first-order valence-electron chi connectivity index (χ1n) is 7.05. The van der Waals surface area contributed by atoms with Crippen LogP contribution in [0.15, 0.2) is 18.7 Å². The Kier molecular flexibility index (Phi) is 5.49. The van der Waals surface area contributed by atoms with Gasteiger partial charge in [-0.05, 0) is 37.9 Å². The lowest BCUT2D eigenvalue weighted by Gasteiger charge is -2.39. The lowest BCUT2D eigenvalue weighted by molar-refractivity contribution is 0.565. The van der Waals surface area contributed by atoms with Gasteiger partial charge in [0, 0.05) is 24.2 Å². The van der Waals surface area contributed by atoms with Crippen LogP contribution in [-0.4, -0.2) is 24.6 Å². The summed E-state index contributed by atoms with van der Waals surface area (Å²) >= 11 is 4.46. The molecule has 0 N–H and O–H groups in total. The van der Waals surface area contributed by atoms with Crippen molar-refractivity contribution >= 4 is 23.5 Å². The molecule has 18 heavy (non-hydrogen) atoms. The minimum Gasteiger partial charge on any atom is -0.337 e. The Bertz CT molecular complexity index is 340. The van der Waals surface area contributed by atoms with Crippen LogP contribution < -0.4 is 0 Å². The van der Waals surface area contributed by atoms with Gasteiger partial charge in [0.2, 0.25) is 0 Å². The standard InChI is InChI=1S/C14H24N2S2/c1-3-13-6-11-17-14(4-2,18-13)7-5-9-16-10-8-15-12-16/h8,10,12-13H,3-7,9,11H2,1-2H3. The molecule has 0 bridgehead atoms. The van der Waals surface area contributed by atoms with Crippen molar-refractivity contribution in [2.75, 3.05) is 5.75 Å². The van der Waals surface area contributed by atoms with Gasteiger partial charge in [-0.15, -0.1) is 23.5 Å². The minimum absolute atomic E-state index is 0.486. The number of aromatic nitrogens is 2. The molecule has 0 aromatic carbocycles. The third-order valence-corrected chi connectivity index (χ3v) is 7.64. The highest BCUT2D eigenvalue weighted by Crippen LogP contribution is 2.51. The first-order chi connectivity index (χ1) is 8.78. The lowest BCUT2D eigenvalue weighted by atomic mass is 10.2. The van der Waals surface area contributed by atoms with E-state index in [0.29, 0.717) is 4.08 Å². The highest BCUT2D eigenvalue weighted by Gasteiger charge is 2.35. The Morgan fingerprint density at radius 1 is 1.44 bits per heavy atom. The third-order valence-electron chi connectivity index (χ3n) is 3.71. The van der Waals surface area contributed by atoms with Crippen LogP contribution in [0.1, 0.15) is 46.0 Å². The summed E-state index contributed by atoms with van der Waals surface area (Å²) in [5, 5.41) is 0.888. The van der Waals surface area contributed by atoms with Crippen molar-refractivity contribution in [3.05, 3.63) is 18.7 Å². The Morgan fingerprint density at radius 2 is 2.33 bits per heavy atom. The van der Waals surface area contributed by atoms with E-state index in [2.05, 4.69) is 53.1 Å². The van der Waals surface area contributed by atoms with Crippen LogP contribution in [0.25, 0.3) is 0 Å². The topological polar surface area (TPSA) is 17.8 Å². The summed E-state index contributed by atoms with van der Waals surface area (Å²) in [6.07, 6.45) is 12.5. The van der Waals surface area contributed by atoms with Crippen molar-refractivity contribution in [3.8, 4) is 0 Å². The van der Waals surface area contributed by atoms with Crippen LogP contribution in [0.4, 0.5) is 0 Å². The molecule has 2 nitrogen and oxygen atoms in total. The van der Waals surface area contributed by atoms with Gasteiger partial charge >= 0.3 is 0 Å². The van der Waals surface area contributed by atoms with Crippen LogP contribution in [0, 0.1) is 0 Å². The summed E-state index contributed by atoms with van der Waals surface area (Å²) in [5.74, 6) is 1.35. The SMILES string of the molecule is CCC1CCSC(CC)(CCCn2ccnc2)S1. The summed E-state index contributed by atoms with van der Waals surface area (Å²) in [4.78, 5) is 4.10. The maximum absolute atomic E-state index is 4.10. The zero-order chi connectivity index (χ0) is 12.8. The van der Waals surface area contributed by atoms with Crippen molar-refractivity contribution in [2.45, 2.75) is 61.8 Å². The molecule has 0 amide bonds. The molecular weight excluding hydrogens is 260 g/mol. The molecule has 0 spiro atoms. The molecule has 2 heterocycles. The van der Waals surface area contributed by atoms with E-state index in [0.717, 1.165) is 11.8 Å². The number of aryl methyl sites for hydroxylation is 1. The number of thioether (sulfide) groups is 2. The van der Waals surface area contributed by atoms with Crippen LogP contribution in [-0.2, 0) is 6.54 Å². The van der Waals surface area contributed by atoms with Crippen molar-refractivity contribution in [3.63, 3.8) is 0 Å². The van der Waals surface area contributed by atoms with Gasteiger partial charge in [0.25, 0.3) is 0 Å². The first kappa shape index (κ1) is 14.3. The Hall–Kier alpha value is -0.0900. The van der Waals surface area contributed by atoms with Gasteiger partial charge in [0.15, 0.2) is 0 Å². The Labute approximate surface area is 119 Å². The first-order valence-corrected chi connectivity index (χ1v) is 8.92. The number of nitrogens with zero attached hydrogens (tertiary/aromatic N) is 2. The maximum atomic E-state index is 4.10. The summed E-state index contributed by atoms with van der Waals surface area (Å²) in [5.41, 5.74) is 0. The number of imidazole rings is 1. The molecule has 1 aromatic rings. The zero-order valence-corrected chi connectivity index (χ0v) is 13.1. The average molecular weight is 284 g/mol. The maximum Gasteiger partial charge on any atom is 0.0945 e. The molecule has 0 aliphatic carbocycles. The minimum atomic E-state index is 0.486. The van der Waals surface area contributed by atoms with E-state index in [1.807, 2.05) is 12.5 Å². The summed E-state index contributed by atoms with van der Waals surface area (Å²) < 4.78 is 2.68. The van der Waals surface area contributed by atoms with E-state index < -0.39 is 0 Å². The molecule has 4 heteroatoms. The number of hydrogen-bond donors (Lipinski definition) is 0. The molecule has 1 saturated heterocycles. The second-order valence-corrected chi connectivity index (χ2v) is 8.37. The van der Waals surface area contributed by atoms with Gasteiger partial charge in [-0.2, -0.15) is 0 Å². The van der Waals surface area contributed by atoms with E-state index >= 15 is 0 Å². The molecule has 2 atom stereocenters. The van der Waals surface area contributed by atoms with Gasteiger partial charge in [-0.3, -0.25) is 0 Å². The van der Waals surface area contributed by atoms with Crippen molar-refractivity contribution in [2.24, 2.45) is 0 Å². The molecule has 0 saturated carbocycles. The monoisotopic (exact) mass is 284 g/mol. The highest BCUT2D eigenvalue weighted by molar-refractivity contribution is 8.19. The van der Waals surface area contributed by atoms with E-state index in [4.69, 9.17) is 0 Å². The smallest absolute Gasteiger partial charge is 0.0945 e. The zero-order valence-electron chi connectivity index (χ0n) is 11.5. The Morgan fingerprint density at radius 3 is 3.00 bits per heavy atom. The van der Waals surface area contributed by atoms with Crippen molar-refractivity contribution in [1.82, 2.24) is 9.55 Å². The van der Waals surface area contributed by atoms with Gasteiger partial charge in [-0.1, -0.05) is 13.8 Å². The van der Waals surface area contributed by atoms with Gasteiger partial charge < -0.3 is 4.57 Å². The largest absolute Gasteiger partial charge is 0.337 e. The quantitative estimate of drug-likeness (QED) is 0.770. The molecule has 1 fully saturated rings. The molecular formula is C14H24N2S2. The van der Waals surface area contributed by atoms with Crippen molar-refractivity contribution in [1.29, 1.82) is 0 Å². The van der Waals surface area contributed by atoms with Crippen LogP contribution in [0.3, 0.4) is 0 Å². The van der Waals surface area contributed by atoms with E-state index in [1.165, 1.54) is 37.9 Å². The molecule has 1 aromatic heterocycles. The summed E-state index contributed by atoms with van der Waals surface area (Å²) in [6.45, 7) is 5.80. The normalized spacial score (nSPS) is 28.4. The lowest BCUT2D eigenvalue weighted by Crippen LogP contribution is -2.29. The second kappa shape index (κ2) is 6.90. The molecule has 2 unspecified atom stereocenters. The highest BCUT2D eigenvalue weighted by atomic mass is 32.2. The van der Waals surface area contributed by atoms with E-state index in [-0.39, 0.29) is 0 Å². The van der Waals surface area contributed by atoms with Gasteiger partial charge in [-0.25, -0.2) is 4.98 Å². The second-order valence-electron chi connectivity index (χ2n) is 4.95. The molecule has 1 aliphatic rings. The predicted molar refractivity (Wildman–Crippen MR) is 83.2 cm³/mol. The molecule has 102 valence electrons. The van der Waals surface area contributed by atoms with Crippen LogP contribution in [0.5, 0.6) is 0 Å². The Balaban J connectivity index is 1.83. The fourth-order valence-corrected chi connectivity index (χ4v) is 6.29. The average Bonchev–Trinajstić information content (AvgIpc) is 2.92. The van der Waals surface area contributed by atoms with Crippen LogP contribution >= 0.6 is 23.5 Å². The molecule has 1 aliphatic heterocycles. The van der Waals surface area contributed by atoms with Crippen LogP contribution in [0.2, 0.25) is 0 Å². The fraction of sp³-hybridized carbons (Fsp3) is 0.786. The number of rotatable bonds is 6. The van der Waals surface area contributed by atoms with Gasteiger partial charge in [0.1, 0.15) is 0 Å². The molecule has 0 radical (unpaired) electrons. The van der Waals surface area contributed by atoms with E-state index in [9.17, 15) is 0 Å². The van der Waals surface area contributed by atoms with Crippen molar-refractivity contribution < 1.29 is 0 Å². The van der Waals surface area contributed by atoms with E-state index in [1.54, 1.807) is 0 Å².